The highest BCUT2D eigenvalue weighted by Gasteiger charge is 2.20. The number of amides is 1. The minimum absolute atomic E-state index is 0.134. The van der Waals surface area contributed by atoms with Crippen LogP contribution in [0.2, 0.25) is 5.02 Å². The van der Waals surface area contributed by atoms with Crippen molar-refractivity contribution in [1.82, 2.24) is 14.7 Å². The normalized spacial score (nSPS) is 11.5. The van der Waals surface area contributed by atoms with E-state index >= 15 is 0 Å². The maximum Gasteiger partial charge on any atom is 0.237 e. The van der Waals surface area contributed by atoms with Crippen molar-refractivity contribution < 1.29 is 9.32 Å². The first kappa shape index (κ1) is 18.5. The second-order valence-corrected chi connectivity index (χ2v) is 8.10. The zero-order chi connectivity index (χ0) is 18.7. The zero-order valence-electron chi connectivity index (χ0n) is 14.7. The highest BCUT2D eigenvalue weighted by Crippen LogP contribution is 2.25. The van der Waals surface area contributed by atoms with Gasteiger partial charge in [0.1, 0.15) is 0 Å². The van der Waals surface area contributed by atoms with Gasteiger partial charge in [0.25, 0.3) is 0 Å². The summed E-state index contributed by atoms with van der Waals surface area (Å²) in [5.74, 6) is 0.370. The lowest BCUT2D eigenvalue weighted by atomic mass is 9.92. The molecule has 0 spiro atoms. The van der Waals surface area contributed by atoms with Crippen LogP contribution in [-0.2, 0) is 10.2 Å². The van der Waals surface area contributed by atoms with Crippen molar-refractivity contribution in [2.45, 2.75) is 31.3 Å². The van der Waals surface area contributed by atoms with Crippen molar-refractivity contribution >= 4 is 35.2 Å². The van der Waals surface area contributed by atoms with Crippen molar-refractivity contribution in [1.29, 1.82) is 0 Å². The first-order valence-electron chi connectivity index (χ1n) is 8.02. The van der Waals surface area contributed by atoms with Crippen molar-refractivity contribution in [2.24, 2.45) is 0 Å². The van der Waals surface area contributed by atoms with Crippen molar-refractivity contribution in [3.8, 4) is 5.69 Å². The standard InChI is InChI=1S/C18H19ClN4O2S/c1-18(2,3)14-10-16(25-22-14)21-15(24)11-26-17-20-8-9-23(17)13-6-4-12(19)5-7-13/h4-10H,11H2,1-3H3,(H,21,24). The molecule has 2 heterocycles. The number of carbonyl (C=O) groups excluding carboxylic acids is 1. The summed E-state index contributed by atoms with van der Waals surface area (Å²) in [5, 5.41) is 8.10. The van der Waals surface area contributed by atoms with Crippen LogP contribution in [0.1, 0.15) is 26.5 Å². The largest absolute Gasteiger partial charge is 0.338 e. The van der Waals surface area contributed by atoms with Crippen LogP contribution in [0.3, 0.4) is 0 Å². The van der Waals surface area contributed by atoms with E-state index in [4.69, 9.17) is 16.1 Å². The number of rotatable bonds is 5. The molecule has 3 rings (SSSR count). The number of aromatic nitrogens is 3. The fourth-order valence-corrected chi connectivity index (χ4v) is 3.08. The van der Waals surface area contributed by atoms with Crippen LogP contribution in [0.5, 0.6) is 0 Å². The van der Waals surface area contributed by atoms with E-state index in [0.29, 0.717) is 10.9 Å². The quantitative estimate of drug-likeness (QED) is 0.647. The molecule has 26 heavy (non-hydrogen) atoms. The Hall–Kier alpha value is -2.25. The van der Waals surface area contributed by atoms with Gasteiger partial charge in [-0.05, 0) is 24.3 Å². The van der Waals surface area contributed by atoms with Crippen LogP contribution in [-0.4, -0.2) is 26.4 Å². The van der Waals surface area contributed by atoms with Gasteiger partial charge in [0.15, 0.2) is 5.16 Å². The van der Waals surface area contributed by atoms with Crippen molar-refractivity contribution in [2.75, 3.05) is 11.1 Å². The smallest absolute Gasteiger partial charge is 0.237 e. The number of hydrogen-bond donors (Lipinski definition) is 1. The average Bonchev–Trinajstić information content (AvgIpc) is 3.22. The number of nitrogens with zero attached hydrogens (tertiary/aromatic N) is 3. The number of thioether (sulfide) groups is 1. The summed E-state index contributed by atoms with van der Waals surface area (Å²) in [7, 11) is 0. The predicted octanol–water partition coefficient (Wildman–Crippen LogP) is 4.54. The SMILES string of the molecule is CC(C)(C)c1cc(NC(=O)CSc2nccn2-c2ccc(Cl)cc2)on1. The summed E-state index contributed by atoms with van der Waals surface area (Å²) < 4.78 is 7.08. The lowest BCUT2D eigenvalue weighted by Crippen LogP contribution is -2.14. The maximum atomic E-state index is 12.2. The lowest BCUT2D eigenvalue weighted by molar-refractivity contribution is -0.113. The molecule has 1 aromatic carbocycles. The lowest BCUT2D eigenvalue weighted by Gasteiger charge is -2.12. The van der Waals surface area contributed by atoms with Crippen LogP contribution in [0, 0.1) is 0 Å². The van der Waals surface area contributed by atoms with Gasteiger partial charge in [-0.3, -0.25) is 14.7 Å². The molecule has 0 atom stereocenters. The second-order valence-electron chi connectivity index (χ2n) is 6.72. The predicted molar refractivity (Wildman–Crippen MR) is 103 cm³/mol. The number of anilines is 1. The molecule has 136 valence electrons. The number of halogens is 1. The third kappa shape index (κ3) is 4.47. The first-order chi connectivity index (χ1) is 12.3. The Bertz CT molecular complexity index is 897. The van der Waals surface area contributed by atoms with Gasteiger partial charge in [0.2, 0.25) is 11.8 Å². The van der Waals surface area contributed by atoms with Gasteiger partial charge >= 0.3 is 0 Å². The number of hydrogen-bond acceptors (Lipinski definition) is 5. The molecule has 8 heteroatoms. The van der Waals surface area contributed by atoms with E-state index in [0.717, 1.165) is 16.5 Å². The van der Waals surface area contributed by atoms with Crippen molar-refractivity contribution in [3.05, 3.63) is 53.4 Å². The van der Waals surface area contributed by atoms with Gasteiger partial charge in [0, 0.05) is 34.6 Å². The van der Waals surface area contributed by atoms with Gasteiger partial charge in [0.05, 0.1) is 11.4 Å². The number of benzene rings is 1. The number of imidazole rings is 1. The van der Waals surface area contributed by atoms with Crippen LogP contribution in [0.25, 0.3) is 5.69 Å². The van der Waals surface area contributed by atoms with E-state index in [1.165, 1.54) is 11.8 Å². The summed E-state index contributed by atoms with van der Waals surface area (Å²) in [6, 6.07) is 9.17. The van der Waals surface area contributed by atoms with Gasteiger partial charge in [-0.15, -0.1) is 0 Å². The fraction of sp³-hybridized carbons (Fsp3) is 0.278. The third-order valence-electron chi connectivity index (χ3n) is 3.59. The minimum Gasteiger partial charge on any atom is -0.338 e. The monoisotopic (exact) mass is 390 g/mol. The topological polar surface area (TPSA) is 73.0 Å². The van der Waals surface area contributed by atoms with Crippen molar-refractivity contribution in [3.63, 3.8) is 0 Å². The van der Waals surface area contributed by atoms with Crippen LogP contribution in [0.4, 0.5) is 5.88 Å². The Morgan fingerprint density at radius 1 is 1.31 bits per heavy atom. The molecular formula is C18H19ClN4O2S. The molecule has 0 aliphatic heterocycles. The molecule has 0 aliphatic carbocycles. The van der Waals surface area contributed by atoms with Crippen LogP contribution < -0.4 is 5.32 Å². The summed E-state index contributed by atoms with van der Waals surface area (Å²) in [6.45, 7) is 6.09. The molecule has 0 saturated carbocycles. The molecular weight excluding hydrogens is 372 g/mol. The van der Waals surface area contributed by atoms with Gasteiger partial charge in [-0.1, -0.05) is 49.3 Å². The third-order valence-corrected chi connectivity index (χ3v) is 4.80. The summed E-state index contributed by atoms with van der Waals surface area (Å²) in [6.07, 6.45) is 3.54. The molecule has 3 aromatic rings. The molecule has 0 radical (unpaired) electrons. The van der Waals surface area contributed by atoms with E-state index in [2.05, 4.69) is 15.5 Å². The molecule has 6 nitrogen and oxygen atoms in total. The maximum absolute atomic E-state index is 12.2. The minimum atomic E-state index is -0.183. The van der Waals surface area contributed by atoms with E-state index in [9.17, 15) is 4.79 Å². The summed E-state index contributed by atoms with van der Waals surface area (Å²) in [5.41, 5.74) is 1.59. The highest BCUT2D eigenvalue weighted by molar-refractivity contribution is 7.99. The Labute approximate surface area is 160 Å². The van der Waals surface area contributed by atoms with Crippen LogP contribution in [0.15, 0.2) is 52.4 Å². The molecule has 0 saturated heterocycles. The Kier molecular flexibility index (Phi) is 5.38. The molecule has 0 unspecified atom stereocenters. The molecule has 1 N–H and O–H groups in total. The summed E-state index contributed by atoms with van der Waals surface area (Å²) in [4.78, 5) is 16.5. The Morgan fingerprint density at radius 3 is 2.69 bits per heavy atom. The van der Waals surface area contributed by atoms with E-state index < -0.39 is 0 Å². The summed E-state index contributed by atoms with van der Waals surface area (Å²) >= 11 is 7.26. The zero-order valence-corrected chi connectivity index (χ0v) is 16.3. The molecule has 1 amide bonds. The Balaban J connectivity index is 1.61. The van der Waals surface area contributed by atoms with E-state index in [1.807, 2.05) is 55.8 Å². The van der Waals surface area contributed by atoms with E-state index in [-0.39, 0.29) is 17.1 Å². The Morgan fingerprint density at radius 2 is 2.04 bits per heavy atom. The van der Waals surface area contributed by atoms with E-state index in [1.54, 1.807) is 12.3 Å². The molecule has 0 bridgehead atoms. The molecule has 0 fully saturated rings. The fourth-order valence-electron chi connectivity index (χ4n) is 2.19. The average molecular weight is 391 g/mol. The number of carbonyl (C=O) groups is 1. The molecule has 0 aliphatic rings. The van der Waals surface area contributed by atoms with Gasteiger partial charge < -0.3 is 4.52 Å². The van der Waals surface area contributed by atoms with Crippen LogP contribution >= 0.6 is 23.4 Å². The van der Waals surface area contributed by atoms with Gasteiger partial charge in [-0.2, -0.15) is 0 Å². The second kappa shape index (κ2) is 7.55. The number of nitrogens with one attached hydrogen (secondary N) is 1. The molecule has 2 aromatic heterocycles. The first-order valence-corrected chi connectivity index (χ1v) is 9.38. The highest BCUT2D eigenvalue weighted by atomic mass is 35.5. The van der Waals surface area contributed by atoms with Gasteiger partial charge in [-0.25, -0.2) is 4.98 Å².